The van der Waals surface area contributed by atoms with Gasteiger partial charge in [-0.1, -0.05) is 53.7 Å². The quantitative estimate of drug-likeness (QED) is 0.585. The van der Waals surface area contributed by atoms with Gasteiger partial charge in [0.05, 0.1) is 5.75 Å². The molecule has 0 spiro atoms. The highest BCUT2D eigenvalue weighted by atomic mass is 35.5. The second kappa shape index (κ2) is 8.38. The van der Waals surface area contributed by atoms with E-state index in [0.717, 1.165) is 11.1 Å². The summed E-state index contributed by atoms with van der Waals surface area (Å²) >= 11 is 7.20. The first-order chi connectivity index (χ1) is 12.5. The summed E-state index contributed by atoms with van der Waals surface area (Å²) in [6.07, 6.45) is 0. The molecule has 3 aromatic rings. The molecule has 0 saturated carbocycles. The molecule has 7 heteroatoms. The van der Waals surface area contributed by atoms with Crippen molar-refractivity contribution in [2.24, 2.45) is 0 Å². The maximum absolute atomic E-state index is 12.4. The normalized spacial score (nSPS) is 10.7. The standard InChI is InChI=1S/C19H18ClN3O2S/c1-13-6-3-4-7-15(13)11-23(2)17(24)12-26-19-22-21-18(25-19)14-8-5-9-16(20)10-14/h3-10H,11-12H2,1-2H3. The fourth-order valence-electron chi connectivity index (χ4n) is 2.37. The zero-order valence-corrected chi connectivity index (χ0v) is 16.0. The predicted molar refractivity (Wildman–Crippen MR) is 103 cm³/mol. The van der Waals surface area contributed by atoms with Crippen molar-refractivity contribution < 1.29 is 9.21 Å². The minimum atomic E-state index is 0.000702. The molecule has 26 heavy (non-hydrogen) atoms. The van der Waals surface area contributed by atoms with Gasteiger partial charge in [-0.25, -0.2) is 0 Å². The van der Waals surface area contributed by atoms with Crippen molar-refractivity contribution in [1.29, 1.82) is 0 Å². The van der Waals surface area contributed by atoms with E-state index in [1.54, 1.807) is 24.1 Å². The highest BCUT2D eigenvalue weighted by Crippen LogP contribution is 2.25. The van der Waals surface area contributed by atoms with Crippen LogP contribution in [0.4, 0.5) is 0 Å². The average molecular weight is 388 g/mol. The number of benzene rings is 2. The monoisotopic (exact) mass is 387 g/mol. The number of hydrogen-bond donors (Lipinski definition) is 0. The molecule has 0 bridgehead atoms. The number of aromatic nitrogens is 2. The van der Waals surface area contributed by atoms with E-state index in [1.807, 2.05) is 43.3 Å². The van der Waals surface area contributed by atoms with Gasteiger partial charge in [0.2, 0.25) is 11.8 Å². The molecule has 0 N–H and O–H groups in total. The van der Waals surface area contributed by atoms with Gasteiger partial charge in [-0.3, -0.25) is 4.79 Å². The molecule has 0 aliphatic carbocycles. The number of hydrogen-bond acceptors (Lipinski definition) is 5. The number of carbonyl (C=O) groups is 1. The highest BCUT2D eigenvalue weighted by Gasteiger charge is 2.14. The number of carbonyl (C=O) groups excluding carboxylic acids is 1. The zero-order chi connectivity index (χ0) is 18.5. The van der Waals surface area contributed by atoms with E-state index < -0.39 is 0 Å². The lowest BCUT2D eigenvalue weighted by Crippen LogP contribution is -2.28. The minimum Gasteiger partial charge on any atom is -0.411 e. The largest absolute Gasteiger partial charge is 0.411 e. The topological polar surface area (TPSA) is 59.2 Å². The van der Waals surface area contributed by atoms with E-state index in [4.69, 9.17) is 16.0 Å². The van der Waals surface area contributed by atoms with Gasteiger partial charge in [-0.15, -0.1) is 10.2 Å². The van der Waals surface area contributed by atoms with E-state index in [-0.39, 0.29) is 11.7 Å². The molecule has 0 aliphatic heterocycles. The van der Waals surface area contributed by atoms with Crippen molar-refractivity contribution in [3.05, 3.63) is 64.7 Å². The Balaban J connectivity index is 1.57. The zero-order valence-electron chi connectivity index (χ0n) is 14.5. The molecule has 134 valence electrons. The maximum Gasteiger partial charge on any atom is 0.277 e. The van der Waals surface area contributed by atoms with Crippen molar-refractivity contribution in [3.8, 4) is 11.5 Å². The number of amides is 1. The summed E-state index contributed by atoms with van der Waals surface area (Å²) in [4.78, 5) is 14.0. The second-order valence-corrected chi connectivity index (χ2v) is 7.21. The van der Waals surface area contributed by atoms with Gasteiger partial charge < -0.3 is 9.32 Å². The van der Waals surface area contributed by atoms with Gasteiger partial charge in [0.1, 0.15) is 0 Å². The molecule has 0 radical (unpaired) electrons. The van der Waals surface area contributed by atoms with E-state index in [9.17, 15) is 4.79 Å². The number of rotatable bonds is 6. The lowest BCUT2D eigenvalue weighted by Gasteiger charge is -2.17. The van der Waals surface area contributed by atoms with E-state index in [0.29, 0.717) is 22.7 Å². The fraction of sp³-hybridized carbons (Fsp3) is 0.211. The molecule has 0 unspecified atom stereocenters. The van der Waals surface area contributed by atoms with E-state index >= 15 is 0 Å². The first-order valence-electron chi connectivity index (χ1n) is 8.03. The van der Waals surface area contributed by atoms with Crippen LogP contribution < -0.4 is 0 Å². The van der Waals surface area contributed by atoms with Crippen LogP contribution in [-0.4, -0.2) is 33.8 Å². The predicted octanol–water partition coefficient (Wildman–Crippen LogP) is 4.45. The number of halogens is 1. The van der Waals surface area contributed by atoms with Crippen LogP contribution in [0.25, 0.3) is 11.5 Å². The lowest BCUT2D eigenvalue weighted by atomic mass is 10.1. The fourth-order valence-corrected chi connectivity index (χ4v) is 3.27. The molecule has 5 nitrogen and oxygen atoms in total. The van der Waals surface area contributed by atoms with Gasteiger partial charge >= 0.3 is 0 Å². The van der Waals surface area contributed by atoms with Crippen LogP contribution >= 0.6 is 23.4 Å². The Bertz CT molecular complexity index is 913. The van der Waals surface area contributed by atoms with Gasteiger partial charge in [0.25, 0.3) is 5.22 Å². The van der Waals surface area contributed by atoms with Crippen molar-refractivity contribution in [1.82, 2.24) is 15.1 Å². The van der Waals surface area contributed by atoms with Crippen molar-refractivity contribution in [3.63, 3.8) is 0 Å². The molecular formula is C19H18ClN3O2S. The third-order valence-corrected chi connectivity index (χ3v) is 4.93. The maximum atomic E-state index is 12.4. The number of nitrogens with zero attached hydrogens (tertiary/aromatic N) is 3. The molecule has 1 aromatic heterocycles. The van der Waals surface area contributed by atoms with Crippen molar-refractivity contribution in [2.45, 2.75) is 18.7 Å². The summed E-state index contributed by atoms with van der Waals surface area (Å²) in [5.41, 5.74) is 3.05. The Labute approximate surface area is 161 Å². The van der Waals surface area contributed by atoms with Crippen LogP contribution in [0.2, 0.25) is 5.02 Å². The Kier molecular flexibility index (Phi) is 5.96. The number of thioether (sulfide) groups is 1. The Morgan fingerprint density at radius 3 is 2.77 bits per heavy atom. The van der Waals surface area contributed by atoms with Crippen LogP contribution in [0, 0.1) is 6.92 Å². The Morgan fingerprint density at radius 2 is 2.00 bits per heavy atom. The summed E-state index contributed by atoms with van der Waals surface area (Å²) in [6.45, 7) is 2.61. The van der Waals surface area contributed by atoms with Crippen molar-refractivity contribution >= 4 is 29.3 Å². The van der Waals surface area contributed by atoms with Gasteiger partial charge in [0, 0.05) is 24.2 Å². The van der Waals surface area contributed by atoms with Crippen LogP contribution in [0.1, 0.15) is 11.1 Å². The second-order valence-electron chi connectivity index (χ2n) is 5.85. The molecular weight excluding hydrogens is 370 g/mol. The summed E-state index contributed by atoms with van der Waals surface area (Å²) < 4.78 is 5.60. The molecule has 0 atom stereocenters. The van der Waals surface area contributed by atoms with Crippen LogP contribution in [0.3, 0.4) is 0 Å². The molecule has 0 fully saturated rings. The van der Waals surface area contributed by atoms with Gasteiger partial charge in [-0.2, -0.15) is 0 Å². The molecule has 1 amide bonds. The van der Waals surface area contributed by atoms with Crippen LogP contribution in [-0.2, 0) is 11.3 Å². The number of aryl methyl sites for hydroxylation is 1. The summed E-state index contributed by atoms with van der Waals surface area (Å²) in [6, 6.07) is 15.2. The first-order valence-corrected chi connectivity index (χ1v) is 9.40. The van der Waals surface area contributed by atoms with E-state index in [2.05, 4.69) is 10.2 Å². The van der Waals surface area contributed by atoms with Gasteiger partial charge in [-0.05, 0) is 36.2 Å². The smallest absolute Gasteiger partial charge is 0.277 e. The lowest BCUT2D eigenvalue weighted by molar-refractivity contribution is -0.127. The van der Waals surface area contributed by atoms with Crippen LogP contribution in [0.5, 0.6) is 0 Å². The molecule has 1 heterocycles. The third kappa shape index (κ3) is 4.65. The summed E-state index contributed by atoms with van der Waals surface area (Å²) in [5, 5.41) is 8.95. The van der Waals surface area contributed by atoms with Crippen molar-refractivity contribution in [2.75, 3.05) is 12.8 Å². The third-order valence-electron chi connectivity index (χ3n) is 3.89. The highest BCUT2D eigenvalue weighted by molar-refractivity contribution is 7.99. The van der Waals surface area contributed by atoms with E-state index in [1.165, 1.54) is 17.3 Å². The van der Waals surface area contributed by atoms with Gasteiger partial charge in [0.15, 0.2) is 0 Å². The molecule has 3 rings (SSSR count). The van der Waals surface area contributed by atoms with Crippen LogP contribution in [0.15, 0.2) is 58.2 Å². The summed E-state index contributed by atoms with van der Waals surface area (Å²) in [5.74, 6) is 0.621. The minimum absolute atomic E-state index is 0.000702. The molecule has 0 aliphatic rings. The molecule has 0 saturated heterocycles. The Morgan fingerprint density at radius 1 is 1.19 bits per heavy atom. The summed E-state index contributed by atoms with van der Waals surface area (Å²) in [7, 11) is 1.79. The SMILES string of the molecule is Cc1ccccc1CN(C)C(=O)CSc1nnc(-c2cccc(Cl)c2)o1. The first kappa shape index (κ1) is 18.5. The Hall–Kier alpha value is -2.31. The molecule has 2 aromatic carbocycles. The average Bonchev–Trinajstić information content (AvgIpc) is 3.10.